The molecular formula is C18H17OPS. The Morgan fingerprint density at radius 1 is 0.905 bits per heavy atom. The summed E-state index contributed by atoms with van der Waals surface area (Å²) >= 11 is 1.95. The maximum atomic E-state index is 9.33. The van der Waals surface area contributed by atoms with Crippen LogP contribution in [-0.4, -0.2) is 5.11 Å². The van der Waals surface area contributed by atoms with Crippen LogP contribution in [0.25, 0.3) is 10.8 Å². The first-order chi connectivity index (χ1) is 10.2. The molecule has 21 heavy (non-hydrogen) atoms. The Kier molecular flexibility index (Phi) is 4.48. The topological polar surface area (TPSA) is 20.2 Å². The molecule has 2 unspecified atom stereocenters. The average molecular weight is 312 g/mol. The zero-order valence-corrected chi connectivity index (χ0v) is 13.6. The largest absolute Gasteiger partial charge is 0.508 e. The summed E-state index contributed by atoms with van der Waals surface area (Å²) in [6.07, 6.45) is 0. The first-order valence-corrected chi connectivity index (χ1v) is 9.53. The zero-order valence-electron chi connectivity index (χ0n) is 11.8. The molecule has 0 amide bonds. The molecule has 106 valence electrons. The average Bonchev–Trinajstić information content (AvgIpc) is 2.53. The number of hydrogen-bond acceptors (Lipinski definition) is 2. The second kappa shape index (κ2) is 6.51. The lowest BCUT2D eigenvalue weighted by atomic mass is 10.0. The summed E-state index contributed by atoms with van der Waals surface area (Å²) in [6, 6.07) is 22.6. The van der Waals surface area contributed by atoms with Crippen LogP contribution < -0.4 is 5.30 Å². The van der Waals surface area contributed by atoms with Gasteiger partial charge in [0.1, 0.15) is 5.75 Å². The van der Waals surface area contributed by atoms with Crippen LogP contribution in [0.4, 0.5) is 0 Å². The smallest absolute Gasteiger partial charge is 0.115 e. The normalized spacial score (nSPS) is 13.0. The van der Waals surface area contributed by atoms with Crippen LogP contribution in [0.2, 0.25) is 0 Å². The highest BCUT2D eigenvalue weighted by atomic mass is 32.7. The first-order valence-electron chi connectivity index (χ1n) is 6.92. The van der Waals surface area contributed by atoms with Crippen LogP contribution in [0, 0.1) is 0 Å². The predicted octanol–water partition coefficient (Wildman–Crippen LogP) is 5.26. The number of phenolic OH excluding ortho intramolecular Hbond substituents is 1. The maximum Gasteiger partial charge on any atom is 0.115 e. The summed E-state index contributed by atoms with van der Waals surface area (Å²) in [5.41, 5.74) is 1.39. The molecule has 0 fully saturated rings. The molecule has 3 aromatic rings. The van der Waals surface area contributed by atoms with E-state index in [1.165, 1.54) is 21.6 Å². The van der Waals surface area contributed by atoms with Crippen LogP contribution in [0.5, 0.6) is 5.75 Å². The summed E-state index contributed by atoms with van der Waals surface area (Å²) in [6.45, 7) is 2.26. The van der Waals surface area contributed by atoms with Crippen LogP contribution >= 0.6 is 19.2 Å². The molecule has 0 saturated heterocycles. The fourth-order valence-corrected chi connectivity index (χ4v) is 5.03. The van der Waals surface area contributed by atoms with E-state index in [0.717, 1.165) is 0 Å². The first kappa shape index (κ1) is 14.4. The highest BCUT2D eigenvalue weighted by Crippen LogP contribution is 2.43. The van der Waals surface area contributed by atoms with E-state index >= 15 is 0 Å². The molecule has 0 aliphatic heterocycles. The van der Waals surface area contributed by atoms with Gasteiger partial charge in [-0.05, 0) is 48.5 Å². The van der Waals surface area contributed by atoms with Gasteiger partial charge < -0.3 is 5.11 Å². The van der Waals surface area contributed by atoms with E-state index in [1.807, 2.05) is 23.5 Å². The van der Waals surface area contributed by atoms with E-state index in [9.17, 15) is 5.11 Å². The van der Waals surface area contributed by atoms with E-state index in [2.05, 4.69) is 49.4 Å². The Morgan fingerprint density at radius 3 is 2.43 bits per heavy atom. The molecule has 1 nitrogen and oxygen atoms in total. The van der Waals surface area contributed by atoms with Crippen molar-refractivity contribution in [3.8, 4) is 5.75 Å². The number of rotatable bonds is 4. The van der Waals surface area contributed by atoms with Crippen molar-refractivity contribution in [1.29, 1.82) is 0 Å². The van der Waals surface area contributed by atoms with Crippen molar-refractivity contribution in [2.75, 3.05) is 0 Å². The summed E-state index contributed by atoms with van der Waals surface area (Å²) in [5.74, 6) is 0.329. The highest BCUT2D eigenvalue weighted by molar-refractivity contribution is 8.51. The van der Waals surface area contributed by atoms with Gasteiger partial charge in [0.15, 0.2) is 0 Å². The molecular weight excluding hydrogens is 295 g/mol. The SMILES string of the molecule is CC(SPc1ccc(O)cc1)c1cccc2ccccc12. The van der Waals surface area contributed by atoms with E-state index in [4.69, 9.17) is 0 Å². The molecule has 0 bridgehead atoms. The van der Waals surface area contributed by atoms with Gasteiger partial charge in [0.2, 0.25) is 0 Å². The molecule has 0 aliphatic carbocycles. The van der Waals surface area contributed by atoms with Crippen molar-refractivity contribution < 1.29 is 5.11 Å². The summed E-state index contributed by atoms with van der Waals surface area (Å²) < 4.78 is 0. The minimum atomic E-state index is 0.329. The van der Waals surface area contributed by atoms with Gasteiger partial charge in [-0.25, -0.2) is 0 Å². The summed E-state index contributed by atoms with van der Waals surface area (Å²) in [7, 11) is 0.683. The van der Waals surface area contributed by atoms with Gasteiger partial charge in [-0.3, -0.25) is 0 Å². The highest BCUT2D eigenvalue weighted by Gasteiger charge is 2.10. The maximum absolute atomic E-state index is 9.33. The summed E-state index contributed by atoms with van der Waals surface area (Å²) in [4.78, 5) is 0. The third-order valence-electron chi connectivity index (χ3n) is 3.48. The molecule has 0 aromatic heterocycles. The Balaban J connectivity index is 1.78. The molecule has 0 aliphatic rings. The monoisotopic (exact) mass is 312 g/mol. The Hall–Kier alpha value is -1.50. The molecule has 0 radical (unpaired) electrons. The Morgan fingerprint density at radius 2 is 1.62 bits per heavy atom. The molecule has 2 atom stereocenters. The zero-order chi connectivity index (χ0) is 14.7. The van der Waals surface area contributed by atoms with Crippen molar-refractivity contribution in [3.63, 3.8) is 0 Å². The molecule has 0 spiro atoms. The number of phenols is 1. The fraction of sp³-hybridized carbons (Fsp3) is 0.111. The van der Waals surface area contributed by atoms with Crippen molar-refractivity contribution in [3.05, 3.63) is 72.3 Å². The van der Waals surface area contributed by atoms with Gasteiger partial charge in [-0.1, -0.05) is 54.6 Å². The second-order valence-electron chi connectivity index (χ2n) is 4.98. The molecule has 1 N–H and O–H groups in total. The second-order valence-corrected chi connectivity index (χ2v) is 8.02. The van der Waals surface area contributed by atoms with Gasteiger partial charge in [0, 0.05) is 5.25 Å². The Labute approximate surface area is 130 Å². The minimum absolute atomic E-state index is 0.329. The predicted molar refractivity (Wildman–Crippen MR) is 96.0 cm³/mol. The molecule has 3 rings (SSSR count). The molecule has 0 heterocycles. The summed E-state index contributed by atoms with van der Waals surface area (Å²) in [5, 5.41) is 13.7. The number of aromatic hydroxyl groups is 1. The van der Waals surface area contributed by atoms with Crippen LogP contribution in [0.15, 0.2) is 66.7 Å². The lowest BCUT2D eigenvalue weighted by Crippen LogP contribution is -1.92. The quantitative estimate of drug-likeness (QED) is 0.663. The van der Waals surface area contributed by atoms with E-state index in [0.29, 0.717) is 18.8 Å². The van der Waals surface area contributed by atoms with Gasteiger partial charge in [-0.15, -0.1) is 11.4 Å². The van der Waals surface area contributed by atoms with Gasteiger partial charge in [-0.2, -0.15) is 0 Å². The lowest BCUT2D eigenvalue weighted by molar-refractivity contribution is 0.475. The van der Waals surface area contributed by atoms with E-state index in [1.54, 1.807) is 12.1 Å². The third-order valence-corrected chi connectivity index (χ3v) is 6.90. The standard InChI is InChI=1S/C18H17OPS/c1-13(21-20-16-11-9-15(19)10-12-16)17-8-4-6-14-5-2-3-7-18(14)17/h2-13,19-20H,1H3. The number of fused-ring (bicyclic) bond motifs is 1. The van der Waals surface area contributed by atoms with Crippen LogP contribution in [-0.2, 0) is 0 Å². The number of benzene rings is 3. The van der Waals surface area contributed by atoms with Crippen LogP contribution in [0.3, 0.4) is 0 Å². The molecule has 0 saturated carbocycles. The van der Waals surface area contributed by atoms with Gasteiger partial charge in [0.25, 0.3) is 0 Å². The van der Waals surface area contributed by atoms with Crippen molar-refractivity contribution >= 4 is 35.2 Å². The van der Waals surface area contributed by atoms with Crippen LogP contribution in [0.1, 0.15) is 17.7 Å². The lowest BCUT2D eigenvalue weighted by Gasteiger charge is -2.14. The van der Waals surface area contributed by atoms with Crippen molar-refractivity contribution in [2.45, 2.75) is 12.2 Å². The third kappa shape index (κ3) is 3.40. The minimum Gasteiger partial charge on any atom is -0.508 e. The molecule has 3 heteroatoms. The Bertz CT molecular complexity index is 734. The van der Waals surface area contributed by atoms with E-state index in [-0.39, 0.29) is 0 Å². The van der Waals surface area contributed by atoms with Gasteiger partial charge in [0.05, 0.1) is 0 Å². The van der Waals surface area contributed by atoms with Gasteiger partial charge >= 0.3 is 0 Å². The molecule has 3 aromatic carbocycles. The fourth-order valence-electron chi connectivity index (χ4n) is 2.35. The number of hydrogen-bond donors (Lipinski definition) is 1. The van der Waals surface area contributed by atoms with E-state index < -0.39 is 0 Å². The van der Waals surface area contributed by atoms with Crippen molar-refractivity contribution in [2.24, 2.45) is 0 Å². The van der Waals surface area contributed by atoms with Crippen molar-refractivity contribution in [1.82, 2.24) is 0 Å².